The lowest BCUT2D eigenvalue weighted by Crippen LogP contribution is -2.21. The van der Waals surface area contributed by atoms with Crippen molar-refractivity contribution in [3.63, 3.8) is 0 Å². The van der Waals surface area contributed by atoms with Gasteiger partial charge in [-0.25, -0.2) is 4.79 Å². The van der Waals surface area contributed by atoms with Gasteiger partial charge in [0, 0.05) is 30.2 Å². The quantitative estimate of drug-likeness (QED) is 0.232. The molecule has 0 spiro atoms. The monoisotopic (exact) mass is 518 g/mol. The lowest BCUT2D eigenvalue weighted by Gasteiger charge is -2.17. The molecule has 2 aromatic carbocycles. The maximum absolute atomic E-state index is 13.7. The highest BCUT2D eigenvalue weighted by Gasteiger charge is 2.26. The average Bonchev–Trinajstić information content (AvgIpc) is 2.96. The largest absolute Gasteiger partial charge is 0.497 e. The van der Waals surface area contributed by atoms with Crippen LogP contribution in [-0.2, 0) is 14.3 Å². The zero-order chi connectivity index (χ0) is 27.7. The van der Waals surface area contributed by atoms with Crippen molar-refractivity contribution >= 4 is 29.2 Å². The van der Waals surface area contributed by atoms with Gasteiger partial charge in [-0.1, -0.05) is 0 Å². The Morgan fingerprint density at radius 3 is 1.74 bits per heavy atom. The van der Waals surface area contributed by atoms with Gasteiger partial charge in [0.15, 0.2) is 0 Å². The second-order valence-corrected chi connectivity index (χ2v) is 7.99. The number of carbonyl (C=O) groups excluding carboxylic acids is 2. The van der Waals surface area contributed by atoms with Crippen molar-refractivity contribution < 1.29 is 33.3 Å². The van der Waals surface area contributed by atoms with Crippen molar-refractivity contribution in [2.24, 2.45) is 0 Å². The van der Waals surface area contributed by atoms with Crippen LogP contribution in [-0.4, -0.2) is 52.4 Å². The molecule has 0 bridgehead atoms. The minimum atomic E-state index is -0.699. The van der Waals surface area contributed by atoms with Crippen LogP contribution < -0.4 is 24.3 Å². The van der Waals surface area contributed by atoms with E-state index >= 15 is 0 Å². The topological polar surface area (TPSA) is 105 Å². The lowest BCUT2D eigenvalue weighted by atomic mass is 9.93. The molecular weight excluding hydrogens is 488 g/mol. The molecule has 9 heteroatoms. The van der Waals surface area contributed by atoms with E-state index in [4.69, 9.17) is 23.7 Å². The molecular formula is C29H30N2O7. The second-order valence-electron chi connectivity index (χ2n) is 7.99. The molecule has 3 aromatic rings. The molecule has 0 radical (unpaired) electrons. The van der Waals surface area contributed by atoms with Crippen LogP contribution in [0.1, 0.15) is 18.1 Å². The molecule has 0 saturated carbocycles. The number of hydrogen-bond acceptors (Lipinski definition) is 8. The maximum Gasteiger partial charge on any atom is 0.338 e. The molecule has 38 heavy (non-hydrogen) atoms. The Balaban J connectivity index is 2.30. The minimum absolute atomic E-state index is 0.0520. The summed E-state index contributed by atoms with van der Waals surface area (Å²) in [6.07, 6.45) is 4.68. The van der Waals surface area contributed by atoms with E-state index in [1.165, 1.54) is 35.5 Å². The summed E-state index contributed by atoms with van der Waals surface area (Å²) in [4.78, 5) is 30.9. The number of ether oxygens (including phenoxy) is 5. The molecule has 1 N–H and O–H groups in total. The second kappa shape index (κ2) is 13.0. The van der Waals surface area contributed by atoms with Crippen LogP contribution in [0.5, 0.6) is 23.0 Å². The Kier molecular flexibility index (Phi) is 9.48. The predicted octanol–water partition coefficient (Wildman–Crippen LogP) is 4.78. The van der Waals surface area contributed by atoms with Crippen LogP contribution in [0.15, 0.2) is 72.1 Å². The van der Waals surface area contributed by atoms with Crippen LogP contribution >= 0.6 is 0 Å². The Hall–Kier alpha value is -4.79. The van der Waals surface area contributed by atoms with Crippen LogP contribution in [0.25, 0.3) is 11.6 Å². The molecule has 0 fully saturated rings. The zero-order valence-electron chi connectivity index (χ0n) is 22.2. The van der Waals surface area contributed by atoms with E-state index in [2.05, 4.69) is 10.3 Å². The Labute approximate surface area is 221 Å². The van der Waals surface area contributed by atoms with Gasteiger partial charge < -0.3 is 29.0 Å². The number of pyridine rings is 1. The normalized spacial score (nSPS) is 11.7. The summed E-state index contributed by atoms with van der Waals surface area (Å²) in [6, 6.07) is 13.6. The molecule has 198 valence electrons. The van der Waals surface area contributed by atoms with Gasteiger partial charge in [0.1, 0.15) is 23.0 Å². The molecule has 0 saturated heterocycles. The van der Waals surface area contributed by atoms with E-state index in [-0.39, 0.29) is 11.1 Å². The standard InChI is InChI=1S/C29H30N2O7/c1-18(20-14-24(36-4)17-25(15-20)37-5)27(29(33)38-6)26(28(32)31-21-7-9-30-10-8-21)13-19-11-22(34-2)16-23(12-19)35-3/h7-17H,1-6H3,(H,30,31,32)/b26-13+,27-18-. The first kappa shape index (κ1) is 27.8. The van der Waals surface area contributed by atoms with Gasteiger partial charge in [-0.2, -0.15) is 0 Å². The zero-order valence-corrected chi connectivity index (χ0v) is 22.2. The van der Waals surface area contributed by atoms with Crippen molar-refractivity contribution in [2.45, 2.75) is 6.92 Å². The van der Waals surface area contributed by atoms with Crippen LogP contribution in [0.3, 0.4) is 0 Å². The number of hydrogen-bond donors (Lipinski definition) is 1. The molecule has 1 aromatic heterocycles. The summed E-state index contributed by atoms with van der Waals surface area (Å²) in [5.74, 6) is 0.840. The number of esters is 1. The molecule has 0 aliphatic carbocycles. The number of methoxy groups -OCH3 is 5. The van der Waals surface area contributed by atoms with Gasteiger partial charge >= 0.3 is 5.97 Å². The average molecular weight is 519 g/mol. The van der Waals surface area contributed by atoms with E-state index < -0.39 is 11.9 Å². The van der Waals surface area contributed by atoms with E-state index in [0.717, 1.165) is 0 Å². The number of carbonyl (C=O) groups is 2. The summed E-state index contributed by atoms with van der Waals surface area (Å²) >= 11 is 0. The predicted molar refractivity (Wildman–Crippen MR) is 145 cm³/mol. The maximum atomic E-state index is 13.7. The smallest absolute Gasteiger partial charge is 0.338 e. The number of benzene rings is 2. The number of aromatic nitrogens is 1. The fourth-order valence-corrected chi connectivity index (χ4v) is 3.70. The van der Waals surface area contributed by atoms with Crippen molar-refractivity contribution in [2.75, 3.05) is 40.9 Å². The Morgan fingerprint density at radius 2 is 1.26 bits per heavy atom. The first-order valence-electron chi connectivity index (χ1n) is 11.5. The van der Waals surface area contributed by atoms with Crippen LogP contribution in [0.4, 0.5) is 5.69 Å². The number of nitrogens with one attached hydrogen (secondary N) is 1. The number of rotatable bonds is 10. The number of allylic oxidation sites excluding steroid dienone is 1. The minimum Gasteiger partial charge on any atom is -0.497 e. The van der Waals surface area contributed by atoms with Gasteiger partial charge in [0.05, 0.1) is 46.7 Å². The van der Waals surface area contributed by atoms with Gasteiger partial charge in [-0.05, 0) is 66.1 Å². The van der Waals surface area contributed by atoms with Crippen molar-refractivity contribution in [3.8, 4) is 23.0 Å². The van der Waals surface area contributed by atoms with Crippen molar-refractivity contribution in [1.82, 2.24) is 4.98 Å². The van der Waals surface area contributed by atoms with Gasteiger partial charge in [-0.3, -0.25) is 9.78 Å². The van der Waals surface area contributed by atoms with Gasteiger partial charge in [-0.15, -0.1) is 0 Å². The highest BCUT2D eigenvalue weighted by molar-refractivity contribution is 6.19. The summed E-state index contributed by atoms with van der Waals surface area (Å²) in [6.45, 7) is 1.72. The number of nitrogens with zero attached hydrogens (tertiary/aromatic N) is 1. The fraction of sp³-hybridized carbons (Fsp3) is 0.207. The van der Waals surface area contributed by atoms with E-state index in [9.17, 15) is 9.59 Å². The van der Waals surface area contributed by atoms with E-state index in [1.54, 1.807) is 73.9 Å². The third-order valence-corrected chi connectivity index (χ3v) is 5.69. The fourth-order valence-electron chi connectivity index (χ4n) is 3.70. The Morgan fingerprint density at radius 1 is 0.763 bits per heavy atom. The van der Waals surface area contributed by atoms with Crippen molar-refractivity contribution in [3.05, 3.63) is 83.2 Å². The number of anilines is 1. The third kappa shape index (κ3) is 6.70. The van der Waals surface area contributed by atoms with E-state index in [0.29, 0.717) is 45.4 Å². The summed E-state index contributed by atoms with van der Waals surface area (Å²) in [7, 11) is 7.37. The van der Waals surface area contributed by atoms with Gasteiger partial charge in [0.25, 0.3) is 5.91 Å². The highest BCUT2D eigenvalue weighted by atomic mass is 16.5. The number of amides is 1. The SMILES string of the molecule is COC(=O)C(=C(/C)c1cc(OC)cc(OC)c1)/C(=C\c1cc(OC)cc(OC)c1)C(=O)Nc1ccncc1. The highest BCUT2D eigenvalue weighted by Crippen LogP contribution is 2.33. The van der Waals surface area contributed by atoms with Crippen LogP contribution in [0, 0.1) is 0 Å². The summed E-state index contributed by atoms with van der Waals surface area (Å²) in [5, 5.41) is 2.83. The first-order chi connectivity index (χ1) is 18.3. The molecule has 1 heterocycles. The first-order valence-corrected chi connectivity index (χ1v) is 11.5. The molecule has 0 atom stereocenters. The van der Waals surface area contributed by atoms with E-state index in [1.807, 2.05) is 0 Å². The molecule has 9 nitrogen and oxygen atoms in total. The summed E-state index contributed by atoms with van der Waals surface area (Å²) < 4.78 is 26.7. The molecule has 3 rings (SSSR count). The van der Waals surface area contributed by atoms with Crippen LogP contribution in [0.2, 0.25) is 0 Å². The van der Waals surface area contributed by atoms with Crippen molar-refractivity contribution in [1.29, 1.82) is 0 Å². The Bertz CT molecular complexity index is 1320. The molecule has 1 amide bonds. The molecule has 0 aliphatic heterocycles. The summed E-state index contributed by atoms with van der Waals surface area (Å²) in [5.41, 5.74) is 2.26. The molecule has 0 unspecified atom stereocenters. The molecule has 0 aliphatic rings. The lowest BCUT2D eigenvalue weighted by molar-refractivity contribution is -0.136. The third-order valence-electron chi connectivity index (χ3n) is 5.69. The van der Waals surface area contributed by atoms with Gasteiger partial charge in [0.2, 0.25) is 0 Å².